The van der Waals surface area contributed by atoms with Gasteiger partial charge in [0.2, 0.25) is 0 Å². The van der Waals surface area contributed by atoms with E-state index in [4.69, 9.17) is 10.5 Å². The minimum atomic E-state index is -0.360. The molecular formula is C20H27N3O4. The SMILES string of the molecule is CCCCC(CN)NC(=O)c1ccc2c(c1)C(=O)N(CC1CCCO1)C2=O. The second-order valence-corrected chi connectivity index (χ2v) is 7.16. The van der Waals surface area contributed by atoms with Crippen molar-refractivity contribution in [1.29, 1.82) is 0 Å². The molecule has 0 bridgehead atoms. The molecule has 1 aromatic carbocycles. The molecule has 1 saturated heterocycles. The molecule has 0 radical (unpaired) electrons. The Hall–Kier alpha value is -2.25. The smallest absolute Gasteiger partial charge is 0.261 e. The normalized spacial score (nSPS) is 20.1. The zero-order chi connectivity index (χ0) is 19.4. The summed E-state index contributed by atoms with van der Waals surface area (Å²) >= 11 is 0. The molecule has 27 heavy (non-hydrogen) atoms. The van der Waals surface area contributed by atoms with Crippen molar-refractivity contribution in [2.45, 2.75) is 51.2 Å². The van der Waals surface area contributed by atoms with Gasteiger partial charge in [0.05, 0.1) is 23.8 Å². The van der Waals surface area contributed by atoms with Crippen LogP contribution in [0.3, 0.4) is 0 Å². The molecule has 146 valence electrons. The zero-order valence-electron chi connectivity index (χ0n) is 15.7. The first-order valence-electron chi connectivity index (χ1n) is 9.68. The molecule has 1 aromatic rings. The highest BCUT2D eigenvalue weighted by Crippen LogP contribution is 2.26. The molecule has 1 fully saturated rings. The molecule has 3 rings (SSSR count). The summed E-state index contributed by atoms with van der Waals surface area (Å²) in [4.78, 5) is 39.0. The quantitative estimate of drug-likeness (QED) is 0.676. The topological polar surface area (TPSA) is 102 Å². The third-order valence-corrected chi connectivity index (χ3v) is 5.17. The highest BCUT2D eigenvalue weighted by molar-refractivity contribution is 6.22. The highest BCUT2D eigenvalue weighted by Gasteiger charge is 2.38. The van der Waals surface area contributed by atoms with E-state index in [1.54, 1.807) is 12.1 Å². The summed E-state index contributed by atoms with van der Waals surface area (Å²) < 4.78 is 5.54. The van der Waals surface area contributed by atoms with Gasteiger partial charge in [-0.3, -0.25) is 19.3 Å². The largest absolute Gasteiger partial charge is 0.376 e. The fourth-order valence-electron chi connectivity index (χ4n) is 3.56. The summed E-state index contributed by atoms with van der Waals surface area (Å²) in [6.45, 7) is 3.38. The summed E-state index contributed by atoms with van der Waals surface area (Å²) in [5.41, 5.74) is 6.72. The van der Waals surface area contributed by atoms with Crippen LogP contribution in [0.1, 0.15) is 70.1 Å². The first kappa shape index (κ1) is 19.5. The van der Waals surface area contributed by atoms with Gasteiger partial charge in [-0.15, -0.1) is 0 Å². The van der Waals surface area contributed by atoms with Crippen molar-refractivity contribution in [3.63, 3.8) is 0 Å². The maximum Gasteiger partial charge on any atom is 0.261 e. The summed E-state index contributed by atoms with van der Waals surface area (Å²) in [5, 5.41) is 2.91. The van der Waals surface area contributed by atoms with E-state index in [2.05, 4.69) is 12.2 Å². The van der Waals surface area contributed by atoms with Crippen LogP contribution in [0, 0.1) is 0 Å². The van der Waals surface area contributed by atoms with Crippen LogP contribution < -0.4 is 11.1 Å². The first-order chi connectivity index (χ1) is 13.0. The Bertz CT molecular complexity index is 728. The van der Waals surface area contributed by atoms with Gasteiger partial charge in [-0.2, -0.15) is 0 Å². The van der Waals surface area contributed by atoms with E-state index >= 15 is 0 Å². The maximum absolute atomic E-state index is 12.7. The molecule has 0 aromatic heterocycles. The van der Waals surface area contributed by atoms with Gasteiger partial charge in [-0.05, 0) is 37.5 Å². The van der Waals surface area contributed by atoms with Crippen LogP contribution in [0.2, 0.25) is 0 Å². The van der Waals surface area contributed by atoms with E-state index in [0.717, 1.165) is 32.1 Å². The molecule has 7 heteroatoms. The van der Waals surface area contributed by atoms with Crippen LogP contribution in [-0.2, 0) is 4.74 Å². The first-order valence-corrected chi connectivity index (χ1v) is 9.68. The fourth-order valence-corrected chi connectivity index (χ4v) is 3.56. The molecule has 0 saturated carbocycles. The molecule has 3 amide bonds. The molecule has 2 aliphatic heterocycles. The summed E-state index contributed by atoms with van der Waals surface area (Å²) in [5.74, 6) is -0.955. The standard InChI is InChI=1S/C20H27N3O4/c1-2-3-5-14(11-21)22-18(24)13-7-8-16-17(10-13)20(26)23(19(16)25)12-15-6-4-9-27-15/h7-8,10,14-15H,2-6,9,11-12,21H2,1H3,(H,22,24). The van der Waals surface area contributed by atoms with E-state index in [0.29, 0.717) is 24.3 Å². The average Bonchev–Trinajstić information content (AvgIpc) is 3.28. The van der Waals surface area contributed by atoms with Gasteiger partial charge in [0.1, 0.15) is 0 Å². The van der Waals surface area contributed by atoms with Crippen LogP contribution in [0.5, 0.6) is 0 Å². The number of hydrogen-bond acceptors (Lipinski definition) is 5. The number of rotatable bonds is 8. The van der Waals surface area contributed by atoms with Gasteiger partial charge in [0.15, 0.2) is 0 Å². The van der Waals surface area contributed by atoms with Gasteiger partial charge in [0.25, 0.3) is 17.7 Å². The molecule has 2 unspecified atom stereocenters. The number of fused-ring (bicyclic) bond motifs is 1. The minimum absolute atomic E-state index is 0.0981. The lowest BCUT2D eigenvalue weighted by Crippen LogP contribution is -2.40. The van der Waals surface area contributed by atoms with Gasteiger partial charge < -0.3 is 15.8 Å². The number of unbranched alkanes of at least 4 members (excludes halogenated alkanes) is 1. The van der Waals surface area contributed by atoms with Crippen LogP contribution in [0.15, 0.2) is 18.2 Å². The van der Waals surface area contributed by atoms with Crippen molar-refractivity contribution in [1.82, 2.24) is 10.2 Å². The number of amides is 3. The zero-order valence-corrected chi connectivity index (χ0v) is 15.7. The van der Waals surface area contributed by atoms with Crippen molar-refractivity contribution in [2.75, 3.05) is 19.7 Å². The lowest BCUT2D eigenvalue weighted by Gasteiger charge is -2.18. The van der Waals surface area contributed by atoms with Crippen molar-refractivity contribution < 1.29 is 19.1 Å². The number of nitrogens with one attached hydrogen (secondary N) is 1. The summed E-state index contributed by atoms with van der Waals surface area (Å²) in [6.07, 6.45) is 4.52. The molecule has 2 aliphatic rings. The maximum atomic E-state index is 12.7. The Kier molecular flexibility index (Phi) is 6.23. The number of nitrogens with zero attached hydrogens (tertiary/aromatic N) is 1. The molecule has 2 heterocycles. The van der Waals surface area contributed by atoms with Gasteiger partial charge in [-0.1, -0.05) is 19.8 Å². The second-order valence-electron chi connectivity index (χ2n) is 7.16. The summed E-state index contributed by atoms with van der Waals surface area (Å²) in [6, 6.07) is 4.55. The molecule has 3 N–H and O–H groups in total. The van der Waals surface area contributed by atoms with Gasteiger partial charge in [-0.25, -0.2) is 0 Å². The van der Waals surface area contributed by atoms with E-state index in [1.807, 2.05) is 0 Å². The highest BCUT2D eigenvalue weighted by atomic mass is 16.5. The van der Waals surface area contributed by atoms with Crippen LogP contribution >= 0.6 is 0 Å². The number of benzene rings is 1. The van der Waals surface area contributed by atoms with E-state index in [-0.39, 0.29) is 42.0 Å². The van der Waals surface area contributed by atoms with E-state index < -0.39 is 0 Å². The fraction of sp³-hybridized carbons (Fsp3) is 0.550. The number of carbonyl (C=O) groups excluding carboxylic acids is 3. The molecule has 7 nitrogen and oxygen atoms in total. The summed E-state index contributed by atoms with van der Waals surface area (Å²) in [7, 11) is 0. The van der Waals surface area contributed by atoms with Gasteiger partial charge >= 0.3 is 0 Å². The van der Waals surface area contributed by atoms with Crippen molar-refractivity contribution in [3.05, 3.63) is 34.9 Å². The van der Waals surface area contributed by atoms with E-state index in [1.165, 1.54) is 11.0 Å². The number of ether oxygens (including phenoxy) is 1. The lowest BCUT2D eigenvalue weighted by atomic mass is 10.0. The average molecular weight is 373 g/mol. The second kappa shape index (κ2) is 8.63. The molecular weight excluding hydrogens is 346 g/mol. The Morgan fingerprint density at radius 3 is 2.78 bits per heavy atom. The van der Waals surface area contributed by atoms with Crippen molar-refractivity contribution in [2.24, 2.45) is 5.73 Å². The number of imide groups is 1. The van der Waals surface area contributed by atoms with Crippen molar-refractivity contribution in [3.8, 4) is 0 Å². The Labute approximate surface area is 159 Å². The Morgan fingerprint density at radius 1 is 1.33 bits per heavy atom. The van der Waals surface area contributed by atoms with Gasteiger partial charge in [0, 0.05) is 24.8 Å². The third kappa shape index (κ3) is 4.20. The molecule has 0 aliphatic carbocycles. The Balaban J connectivity index is 1.72. The lowest BCUT2D eigenvalue weighted by molar-refractivity contribution is 0.0475. The Morgan fingerprint density at radius 2 is 2.11 bits per heavy atom. The minimum Gasteiger partial charge on any atom is -0.376 e. The van der Waals surface area contributed by atoms with E-state index in [9.17, 15) is 14.4 Å². The molecule has 0 spiro atoms. The van der Waals surface area contributed by atoms with Crippen molar-refractivity contribution >= 4 is 17.7 Å². The van der Waals surface area contributed by atoms with Crippen LogP contribution in [-0.4, -0.2) is 54.5 Å². The van der Waals surface area contributed by atoms with Crippen LogP contribution in [0.4, 0.5) is 0 Å². The third-order valence-electron chi connectivity index (χ3n) is 5.17. The number of carbonyl (C=O) groups is 3. The number of hydrogen-bond donors (Lipinski definition) is 2. The monoisotopic (exact) mass is 373 g/mol. The predicted molar refractivity (Wildman–Crippen MR) is 101 cm³/mol. The molecule has 2 atom stereocenters. The number of nitrogens with two attached hydrogens (primary N) is 1. The predicted octanol–water partition coefficient (Wildman–Crippen LogP) is 1.71. The van der Waals surface area contributed by atoms with Crippen LogP contribution in [0.25, 0.3) is 0 Å².